The minimum Gasteiger partial charge on any atom is -0.381 e. The van der Waals surface area contributed by atoms with Gasteiger partial charge in [0.05, 0.1) is 0 Å². The fourth-order valence-electron chi connectivity index (χ4n) is 3.46. The fraction of sp³-hybridized carbons (Fsp3) is 0.625. The zero-order chi connectivity index (χ0) is 14.9. The number of carbonyl (C=O) groups excluding carboxylic acids is 1. The summed E-state index contributed by atoms with van der Waals surface area (Å²) in [6.07, 6.45) is 4.29. The van der Waals surface area contributed by atoms with Crippen LogP contribution < -0.4 is 5.43 Å². The first kappa shape index (κ1) is 14.3. The van der Waals surface area contributed by atoms with Gasteiger partial charge in [0.1, 0.15) is 5.69 Å². The van der Waals surface area contributed by atoms with Crippen LogP contribution in [-0.2, 0) is 4.74 Å². The highest BCUT2D eigenvalue weighted by atomic mass is 16.5. The topological polar surface area (TPSA) is 62.4 Å². The van der Waals surface area contributed by atoms with Gasteiger partial charge in [-0.3, -0.25) is 9.59 Å². The van der Waals surface area contributed by atoms with Crippen LogP contribution in [0.4, 0.5) is 0 Å². The first-order valence-electron chi connectivity index (χ1n) is 7.66. The Morgan fingerprint density at radius 2 is 1.86 bits per heavy atom. The van der Waals surface area contributed by atoms with E-state index in [0.717, 1.165) is 57.7 Å². The Bertz CT molecular complexity index is 577. The second kappa shape index (κ2) is 5.64. The number of piperidine rings is 1. The van der Waals surface area contributed by atoms with E-state index in [4.69, 9.17) is 4.74 Å². The lowest BCUT2D eigenvalue weighted by molar-refractivity contribution is -0.0176. The summed E-state index contributed by atoms with van der Waals surface area (Å²) in [5.41, 5.74) is 1.38. The number of ether oxygens (including phenoxy) is 1. The molecule has 2 aliphatic heterocycles. The molecule has 1 amide bonds. The van der Waals surface area contributed by atoms with Gasteiger partial charge in [0.25, 0.3) is 5.91 Å². The molecule has 21 heavy (non-hydrogen) atoms. The maximum atomic E-state index is 12.5. The molecule has 0 unspecified atom stereocenters. The highest BCUT2D eigenvalue weighted by Crippen LogP contribution is 2.40. The number of nitrogens with one attached hydrogen (secondary N) is 1. The molecule has 0 radical (unpaired) electrons. The van der Waals surface area contributed by atoms with Crippen molar-refractivity contribution in [1.82, 2.24) is 9.88 Å². The molecule has 2 saturated heterocycles. The zero-order valence-corrected chi connectivity index (χ0v) is 12.5. The van der Waals surface area contributed by atoms with Gasteiger partial charge in [-0.2, -0.15) is 0 Å². The number of carbonyl (C=O) groups is 1. The van der Waals surface area contributed by atoms with Crippen LogP contribution in [0.25, 0.3) is 0 Å². The molecule has 3 heterocycles. The molecule has 5 nitrogen and oxygen atoms in total. The third-order valence-corrected chi connectivity index (χ3v) is 4.87. The van der Waals surface area contributed by atoms with Crippen molar-refractivity contribution in [3.05, 3.63) is 33.7 Å². The van der Waals surface area contributed by atoms with E-state index < -0.39 is 0 Å². The molecular weight excluding hydrogens is 268 g/mol. The summed E-state index contributed by atoms with van der Waals surface area (Å²) < 4.78 is 5.45. The highest BCUT2D eigenvalue weighted by molar-refractivity contribution is 5.92. The van der Waals surface area contributed by atoms with Crippen LogP contribution in [0.1, 0.15) is 41.9 Å². The summed E-state index contributed by atoms with van der Waals surface area (Å²) >= 11 is 0. The van der Waals surface area contributed by atoms with Gasteiger partial charge in [-0.1, -0.05) is 0 Å². The van der Waals surface area contributed by atoms with Gasteiger partial charge in [-0.25, -0.2) is 0 Å². The van der Waals surface area contributed by atoms with E-state index in [1.807, 2.05) is 4.90 Å². The number of H-pyrrole nitrogens is 1. The number of hydrogen-bond acceptors (Lipinski definition) is 3. The molecule has 0 aromatic carbocycles. The summed E-state index contributed by atoms with van der Waals surface area (Å²) in [6.45, 7) is 5.04. The van der Waals surface area contributed by atoms with Gasteiger partial charge in [0, 0.05) is 44.1 Å². The van der Waals surface area contributed by atoms with Gasteiger partial charge >= 0.3 is 0 Å². The van der Waals surface area contributed by atoms with E-state index in [0.29, 0.717) is 11.1 Å². The van der Waals surface area contributed by atoms with Crippen molar-refractivity contribution in [3.8, 4) is 0 Å². The Labute approximate surface area is 124 Å². The lowest BCUT2D eigenvalue weighted by Gasteiger charge is -2.44. The molecule has 1 aromatic rings. The minimum absolute atomic E-state index is 0.0577. The zero-order valence-electron chi connectivity index (χ0n) is 12.5. The Kier molecular flexibility index (Phi) is 3.85. The summed E-state index contributed by atoms with van der Waals surface area (Å²) in [5, 5.41) is 0. The maximum Gasteiger partial charge on any atom is 0.270 e. The molecule has 2 aliphatic rings. The van der Waals surface area contributed by atoms with Crippen molar-refractivity contribution in [2.24, 2.45) is 5.41 Å². The number of amides is 1. The number of aromatic amines is 1. The molecule has 1 spiro atoms. The van der Waals surface area contributed by atoms with Gasteiger partial charge in [-0.05, 0) is 38.0 Å². The lowest BCUT2D eigenvalue weighted by atomic mass is 9.72. The molecule has 114 valence electrons. The van der Waals surface area contributed by atoms with Gasteiger partial charge in [-0.15, -0.1) is 0 Å². The van der Waals surface area contributed by atoms with Crippen LogP contribution in [0.15, 0.2) is 16.9 Å². The lowest BCUT2D eigenvalue weighted by Crippen LogP contribution is -2.45. The van der Waals surface area contributed by atoms with Crippen LogP contribution in [0.2, 0.25) is 0 Å². The second-order valence-electron chi connectivity index (χ2n) is 6.32. The first-order chi connectivity index (χ1) is 10.1. The Morgan fingerprint density at radius 3 is 2.48 bits per heavy atom. The van der Waals surface area contributed by atoms with Crippen molar-refractivity contribution in [3.63, 3.8) is 0 Å². The molecule has 1 aromatic heterocycles. The molecule has 0 saturated carbocycles. The number of hydrogen-bond donors (Lipinski definition) is 1. The number of aromatic nitrogens is 1. The van der Waals surface area contributed by atoms with Crippen LogP contribution >= 0.6 is 0 Å². The molecule has 0 bridgehead atoms. The fourth-order valence-corrected chi connectivity index (χ4v) is 3.46. The first-order valence-corrected chi connectivity index (χ1v) is 7.66. The predicted octanol–water partition coefficient (Wildman–Crippen LogP) is 1.72. The largest absolute Gasteiger partial charge is 0.381 e. The second-order valence-corrected chi connectivity index (χ2v) is 6.32. The number of aryl methyl sites for hydroxylation is 1. The van der Waals surface area contributed by atoms with Crippen molar-refractivity contribution >= 4 is 5.91 Å². The number of nitrogens with zero attached hydrogens (tertiary/aromatic N) is 1. The van der Waals surface area contributed by atoms with Gasteiger partial charge in [0.2, 0.25) is 0 Å². The van der Waals surface area contributed by atoms with Gasteiger partial charge < -0.3 is 14.6 Å². The average Bonchev–Trinajstić information content (AvgIpc) is 2.47. The van der Waals surface area contributed by atoms with Crippen LogP contribution in [0.3, 0.4) is 0 Å². The summed E-state index contributed by atoms with van der Waals surface area (Å²) in [4.78, 5) is 28.9. The van der Waals surface area contributed by atoms with E-state index in [-0.39, 0.29) is 11.3 Å². The van der Waals surface area contributed by atoms with E-state index >= 15 is 0 Å². The van der Waals surface area contributed by atoms with Crippen LogP contribution in [0.5, 0.6) is 0 Å². The van der Waals surface area contributed by atoms with Crippen molar-refractivity contribution in [2.45, 2.75) is 32.6 Å². The van der Waals surface area contributed by atoms with Crippen molar-refractivity contribution < 1.29 is 9.53 Å². The van der Waals surface area contributed by atoms with Crippen LogP contribution in [-0.4, -0.2) is 42.1 Å². The molecule has 3 rings (SSSR count). The van der Waals surface area contributed by atoms with E-state index in [2.05, 4.69) is 4.98 Å². The molecule has 0 aliphatic carbocycles. The Balaban J connectivity index is 1.68. The standard InChI is InChI=1S/C16H22N2O3/c1-12-10-13(19)11-14(17-12)15(20)18-6-2-16(3-7-18)4-8-21-9-5-16/h10-11H,2-9H2,1H3,(H,17,19). The van der Waals surface area contributed by atoms with Crippen LogP contribution in [0, 0.1) is 12.3 Å². The number of likely N-dealkylation sites (tertiary alicyclic amines) is 1. The molecule has 5 heteroatoms. The summed E-state index contributed by atoms with van der Waals surface area (Å²) in [7, 11) is 0. The highest BCUT2D eigenvalue weighted by Gasteiger charge is 2.37. The third kappa shape index (κ3) is 3.02. The van der Waals surface area contributed by atoms with E-state index in [1.165, 1.54) is 12.1 Å². The van der Waals surface area contributed by atoms with E-state index in [9.17, 15) is 9.59 Å². The SMILES string of the molecule is Cc1cc(=O)cc(C(=O)N2CCC3(CCOCC3)CC2)[nH]1. The Morgan fingerprint density at radius 1 is 1.19 bits per heavy atom. The number of pyridine rings is 1. The average molecular weight is 290 g/mol. The normalized spacial score (nSPS) is 21.5. The monoisotopic (exact) mass is 290 g/mol. The minimum atomic E-state index is -0.118. The Hall–Kier alpha value is -1.62. The predicted molar refractivity (Wildman–Crippen MR) is 79.4 cm³/mol. The van der Waals surface area contributed by atoms with Crippen molar-refractivity contribution in [2.75, 3.05) is 26.3 Å². The smallest absolute Gasteiger partial charge is 0.270 e. The molecule has 1 N–H and O–H groups in total. The summed E-state index contributed by atoms with van der Waals surface area (Å²) in [6, 6.07) is 2.90. The maximum absolute atomic E-state index is 12.5. The molecule has 0 atom stereocenters. The van der Waals surface area contributed by atoms with Crippen molar-refractivity contribution in [1.29, 1.82) is 0 Å². The quantitative estimate of drug-likeness (QED) is 0.856. The molecule has 2 fully saturated rings. The van der Waals surface area contributed by atoms with E-state index in [1.54, 1.807) is 6.92 Å². The molecular formula is C16H22N2O3. The number of rotatable bonds is 1. The summed E-state index contributed by atoms with van der Waals surface area (Å²) in [5.74, 6) is -0.0577. The third-order valence-electron chi connectivity index (χ3n) is 4.87. The van der Waals surface area contributed by atoms with Gasteiger partial charge in [0.15, 0.2) is 5.43 Å².